The fourth-order valence-electron chi connectivity index (χ4n) is 3.12. The van der Waals surface area contributed by atoms with Crippen LogP contribution >= 0.6 is 0 Å². The predicted molar refractivity (Wildman–Crippen MR) is 91.5 cm³/mol. The summed E-state index contributed by atoms with van der Waals surface area (Å²) in [5.41, 5.74) is 0.496. The van der Waals surface area contributed by atoms with Crippen molar-refractivity contribution in [2.75, 3.05) is 25.5 Å². The molecule has 1 aliphatic carbocycles. The van der Waals surface area contributed by atoms with Gasteiger partial charge in [0.1, 0.15) is 10.6 Å². The highest BCUT2D eigenvalue weighted by Gasteiger charge is 2.39. The molecule has 1 saturated heterocycles. The Labute approximate surface area is 143 Å². The van der Waals surface area contributed by atoms with Crippen molar-refractivity contribution < 1.29 is 17.9 Å². The smallest absolute Gasteiger partial charge is 0.246 e. The molecule has 1 N–H and O–H groups in total. The first kappa shape index (κ1) is 17.2. The van der Waals surface area contributed by atoms with Crippen LogP contribution in [0.15, 0.2) is 23.1 Å². The van der Waals surface area contributed by atoms with E-state index in [2.05, 4.69) is 5.32 Å². The second-order valence-corrected chi connectivity index (χ2v) is 8.55. The highest BCUT2D eigenvalue weighted by atomic mass is 32.2. The van der Waals surface area contributed by atoms with Gasteiger partial charge in [0.25, 0.3) is 0 Å². The largest absolute Gasteiger partial charge is 0.495 e. The van der Waals surface area contributed by atoms with E-state index in [0.717, 1.165) is 25.7 Å². The van der Waals surface area contributed by atoms with Gasteiger partial charge in [0.05, 0.1) is 7.11 Å². The summed E-state index contributed by atoms with van der Waals surface area (Å²) >= 11 is 0. The summed E-state index contributed by atoms with van der Waals surface area (Å²) in [5, 5.41) is 2.82. The minimum absolute atomic E-state index is 0.0363. The van der Waals surface area contributed by atoms with Crippen molar-refractivity contribution in [3.05, 3.63) is 18.2 Å². The molecular formula is C17H24N2O4S. The quantitative estimate of drug-likeness (QED) is 0.883. The van der Waals surface area contributed by atoms with Crippen LogP contribution in [0.1, 0.15) is 32.6 Å². The van der Waals surface area contributed by atoms with Gasteiger partial charge in [-0.2, -0.15) is 4.31 Å². The van der Waals surface area contributed by atoms with E-state index in [1.54, 1.807) is 12.1 Å². The molecule has 2 fully saturated rings. The summed E-state index contributed by atoms with van der Waals surface area (Å²) in [6.45, 7) is 3.09. The van der Waals surface area contributed by atoms with Crippen LogP contribution in [0.25, 0.3) is 0 Å². The molecular weight excluding hydrogens is 328 g/mol. The Hall–Kier alpha value is -1.60. The van der Waals surface area contributed by atoms with E-state index >= 15 is 0 Å². The molecule has 2 unspecified atom stereocenters. The summed E-state index contributed by atoms with van der Waals surface area (Å²) < 4.78 is 32.6. The van der Waals surface area contributed by atoms with Crippen LogP contribution in [0.2, 0.25) is 0 Å². The number of sulfonamides is 1. The lowest BCUT2D eigenvalue weighted by molar-refractivity contribution is -0.117. The summed E-state index contributed by atoms with van der Waals surface area (Å²) in [7, 11) is -2.17. The van der Waals surface area contributed by atoms with E-state index in [4.69, 9.17) is 4.74 Å². The Balaban J connectivity index is 1.87. The van der Waals surface area contributed by atoms with Crippen molar-refractivity contribution in [1.82, 2.24) is 4.31 Å². The number of hydrogen-bond donors (Lipinski definition) is 1. The number of benzene rings is 1. The van der Waals surface area contributed by atoms with Gasteiger partial charge in [-0.3, -0.25) is 4.79 Å². The normalized spacial score (nSPS) is 24.4. The zero-order chi connectivity index (χ0) is 17.3. The van der Waals surface area contributed by atoms with E-state index < -0.39 is 10.0 Å². The maximum Gasteiger partial charge on any atom is 0.246 e. The lowest BCUT2D eigenvalue weighted by Gasteiger charge is -2.26. The first-order valence-electron chi connectivity index (χ1n) is 8.42. The first-order chi connectivity index (χ1) is 11.4. The lowest BCUT2D eigenvalue weighted by atomic mass is 10.2. The van der Waals surface area contributed by atoms with Gasteiger partial charge in [0.2, 0.25) is 15.9 Å². The second-order valence-electron chi connectivity index (χ2n) is 6.64. The maximum atomic E-state index is 12.9. The molecule has 0 aromatic heterocycles. The molecule has 1 heterocycles. The van der Waals surface area contributed by atoms with E-state index in [1.165, 1.54) is 17.5 Å². The molecule has 1 saturated carbocycles. The van der Waals surface area contributed by atoms with Gasteiger partial charge >= 0.3 is 0 Å². The second kappa shape index (κ2) is 6.72. The molecule has 1 aliphatic heterocycles. The highest BCUT2D eigenvalue weighted by Crippen LogP contribution is 2.39. The number of methoxy groups -OCH3 is 1. The zero-order valence-corrected chi connectivity index (χ0v) is 14.9. The highest BCUT2D eigenvalue weighted by molar-refractivity contribution is 7.89. The van der Waals surface area contributed by atoms with E-state index in [9.17, 15) is 13.2 Å². The van der Waals surface area contributed by atoms with E-state index in [-0.39, 0.29) is 16.7 Å². The Morgan fingerprint density at radius 2 is 1.92 bits per heavy atom. The third-order valence-corrected chi connectivity index (χ3v) is 6.73. The Bertz CT molecular complexity index is 726. The summed E-state index contributed by atoms with van der Waals surface area (Å²) in [5.74, 6) is 0.696. The SMILES string of the molecule is COc1ccc(NC(=O)C2CC2C)cc1S(=O)(=O)N1CCCCC1. The molecule has 0 spiro atoms. The number of carbonyl (C=O) groups is 1. The van der Waals surface area contributed by atoms with Gasteiger partial charge in [-0.25, -0.2) is 8.42 Å². The Morgan fingerprint density at radius 1 is 1.25 bits per heavy atom. The summed E-state index contributed by atoms with van der Waals surface area (Å²) in [4.78, 5) is 12.2. The molecule has 0 bridgehead atoms. The molecule has 0 radical (unpaired) electrons. The lowest BCUT2D eigenvalue weighted by Crippen LogP contribution is -2.35. The van der Waals surface area contributed by atoms with E-state index in [1.807, 2.05) is 6.92 Å². The standard InChI is InChI=1S/C17H24N2O4S/c1-12-10-14(12)17(20)18-13-6-7-15(23-2)16(11-13)24(21,22)19-8-4-3-5-9-19/h6-7,11-12,14H,3-5,8-10H2,1-2H3,(H,18,20). The van der Waals surface area contributed by atoms with E-state index in [0.29, 0.717) is 30.4 Å². The van der Waals surface area contributed by atoms with Crippen LogP contribution in [-0.4, -0.2) is 38.8 Å². The number of anilines is 1. The maximum absolute atomic E-state index is 12.9. The summed E-state index contributed by atoms with van der Waals surface area (Å²) in [6, 6.07) is 4.79. The van der Waals surface area contributed by atoms with Crippen molar-refractivity contribution in [3.8, 4) is 5.75 Å². The third kappa shape index (κ3) is 3.42. The Morgan fingerprint density at radius 3 is 2.50 bits per heavy atom. The van der Waals surface area contributed by atoms with Crippen LogP contribution in [0.3, 0.4) is 0 Å². The number of piperidine rings is 1. The molecule has 6 nitrogen and oxygen atoms in total. The number of nitrogens with one attached hydrogen (secondary N) is 1. The molecule has 24 heavy (non-hydrogen) atoms. The third-order valence-electron chi connectivity index (χ3n) is 4.81. The molecule has 1 aromatic rings. The fraction of sp³-hybridized carbons (Fsp3) is 0.588. The van der Waals surface area contributed by atoms with Crippen LogP contribution in [0.4, 0.5) is 5.69 Å². The van der Waals surface area contributed by atoms with Crippen molar-refractivity contribution in [1.29, 1.82) is 0 Å². The van der Waals surface area contributed by atoms with Crippen molar-refractivity contribution in [2.45, 2.75) is 37.5 Å². The van der Waals surface area contributed by atoms with Gasteiger partial charge in [0.15, 0.2) is 0 Å². The number of carbonyl (C=O) groups excluding carboxylic acids is 1. The van der Waals surface area contributed by atoms with Gasteiger partial charge in [-0.15, -0.1) is 0 Å². The molecule has 1 amide bonds. The number of amides is 1. The number of rotatable bonds is 5. The summed E-state index contributed by atoms with van der Waals surface area (Å²) in [6.07, 6.45) is 3.69. The van der Waals surface area contributed by atoms with Gasteiger partial charge < -0.3 is 10.1 Å². The number of hydrogen-bond acceptors (Lipinski definition) is 4. The van der Waals surface area contributed by atoms with Crippen molar-refractivity contribution in [3.63, 3.8) is 0 Å². The van der Waals surface area contributed by atoms with Gasteiger partial charge in [-0.1, -0.05) is 13.3 Å². The molecule has 3 rings (SSSR count). The average Bonchev–Trinajstić information content (AvgIpc) is 3.32. The average molecular weight is 352 g/mol. The Kier molecular flexibility index (Phi) is 4.83. The molecule has 132 valence electrons. The molecule has 2 atom stereocenters. The van der Waals surface area contributed by atoms with Gasteiger partial charge in [0, 0.05) is 24.7 Å². The van der Waals surface area contributed by atoms with Crippen LogP contribution in [0, 0.1) is 11.8 Å². The van der Waals surface area contributed by atoms with Crippen LogP contribution < -0.4 is 10.1 Å². The molecule has 2 aliphatic rings. The number of nitrogens with zero attached hydrogens (tertiary/aromatic N) is 1. The molecule has 1 aromatic carbocycles. The van der Waals surface area contributed by atoms with Crippen LogP contribution in [0.5, 0.6) is 5.75 Å². The minimum Gasteiger partial charge on any atom is -0.495 e. The molecule has 7 heteroatoms. The minimum atomic E-state index is -3.62. The zero-order valence-electron chi connectivity index (χ0n) is 14.1. The topological polar surface area (TPSA) is 75.7 Å². The monoisotopic (exact) mass is 352 g/mol. The van der Waals surface area contributed by atoms with Crippen molar-refractivity contribution >= 4 is 21.6 Å². The van der Waals surface area contributed by atoms with Crippen LogP contribution in [-0.2, 0) is 14.8 Å². The predicted octanol–water partition coefficient (Wildman–Crippen LogP) is 2.46. The number of ether oxygens (including phenoxy) is 1. The fourth-order valence-corrected chi connectivity index (χ4v) is 4.82. The first-order valence-corrected chi connectivity index (χ1v) is 9.86. The van der Waals surface area contributed by atoms with Crippen molar-refractivity contribution in [2.24, 2.45) is 11.8 Å². The van der Waals surface area contributed by atoms with Gasteiger partial charge in [-0.05, 0) is 43.4 Å².